The molecule has 106 valence electrons. The van der Waals surface area contributed by atoms with Gasteiger partial charge in [0.1, 0.15) is 0 Å². The Bertz CT molecular complexity index is 679. The van der Waals surface area contributed by atoms with Gasteiger partial charge in [-0.05, 0) is 36.1 Å². The van der Waals surface area contributed by atoms with Crippen molar-refractivity contribution in [1.82, 2.24) is 0 Å². The zero-order valence-corrected chi connectivity index (χ0v) is 12.6. The maximum Gasteiger partial charge on any atom is 0.236 e. The Balaban J connectivity index is 2.16. The second kappa shape index (κ2) is 6.09. The third kappa shape index (κ3) is 3.84. The van der Waals surface area contributed by atoms with E-state index in [-0.39, 0.29) is 5.75 Å². The Hall–Kier alpha value is -1.81. The van der Waals surface area contributed by atoms with Gasteiger partial charge in [-0.15, -0.1) is 0 Å². The van der Waals surface area contributed by atoms with Crippen molar-refractivity contribution in [3.05, 3.63) is 65.2 Å². The number of benzene rings is 2. The van der Waals surface area contributed by atoms with Crippen LogP contribution < -0.4 is 4.72 Å². The highest BCUT2D eigenvalue weighted by atomic mass is 32.2. The summed E-state index contributed by atoms with van der Waals surface area (Å²) in [6, 6.07) is 15.0. The van der Waals surface area contributed by atoms with E-state index in [1.807, 2.05) is 55.5 Å². The highest BCUT2D eigenvalue weighted by Crippen LogP contribution is 2.19. The van der Waals surface area contributed by atoms with Crippen molar-refractivity contribution in [2.75, 3.05) is 4.72 Å². The van der Waals surface area contributed by atoms with Gasteiger partial charge in [-0.3, -0.25) is 4.72 Å². The highest BCUT2D eigenvalue weighted by molar-refractivity contribution is 7.91. The molecule has 0 atom stereocenters. The molecule has 0 saturated carbocycles. The van der Waals surface area contributed by atoms with Gasteiger partial charge < -0.3 is 0 Å². The largest absolute Gasteiger partial charge is 0.283 e. The van der Waals surface area contributed by atoms with Crippen LogP contribution in [0.25, 0.3) is 0 Å². The predicted octanol–water partition coefficient (Wildman–Crippen LogP) is 3.50. The van der Waals surface area contributed by atoms with Gasteiger partial charge in [-0.25, -0.2) is 8.42 Å². The normalized spacial score (nSPS) is 11.3. The first-order valence-electron chi connectivity index (χ1n) is 6.64. The van der Waals surface area contributed by atoms with Gasteiger partial charge in [0.2, 0.25) is 10.0 Å². The van der Waals surface area contributed by atoms with E-state index in [0.29, 0.717) is 5.69 Å². The van der Waals surface area contributed by atoms with Crippen molar-refractivity contribution in [2.24, 2.45) is 0 Å². The molecule has 0 aliphatic carbocycles. The minimum absolute atomic E-state index is 0.0111. The topological polar surface area (TPSA) is 46.2 Å². The van der Waals surface area contributed by atoms with Crippen molar-refractivity contribution in [1.29, 1.82) is 0 Å². The SMILES string of the molecule is CCc1ccc(NS(=O)(=O)Cc2ccccc2)c(C)c1. The third-order valence-electron chi connectivity index (χ3n) is 3.16. The molecule has 4 heteroatoms. The van der Waals surface area contributed by atoms with Gasteiger partial charge in [-0.1, -0.05) is 49.4 Å². The molecule has 3 nitrogen and oxygen atoms in total. The number of nitrogens with one attached hydrogen (secondary N) is 1. The van der Waals surface area contributed by atoms with E-state index in [9.17, 15) is 8.42 Å². The quantitative estimate of drug-likeness (QED) is 0.915. The lowest BCUT2D eigenvalue weighted by Gasteiger charge is -2.11. The molecule has 0 bridgehead atoms. The number of aryl methyl sites for hydroxylation is 2. The van der Waals surface area contributed by atoms with Gasteiger partial charge in [-0.2, -0.15) is 0 Å². The van der Waals surface area contributed by atoms with Gasteiger partial charge in [0.15, 0.2) is 0 Å². The molecule has 2 rings (SSSR count). The molecular formula is C16H19NO2S. The van der Waals surface area contributed by atoms with Crippen LogP contribution in [0.2, 0.25) is 0 Å². The Kier molecular flexibility index (Phi) is 4.45. The molecule has 1 N–H and O–H groups in total. The summed E-state index contributed by atoms with van der Waals surface area (Å²) in [5, 5.41) is 0. The minimum Gasteiger partial charge on any atom is -0.283 e. The molecule has 20 heavy (non-hydrogen) atoms. The second-order valence-corrected chi connectivity index (χ2v) is 6.57. The molecule has 2 aromatic carbocycles. The first kappa shape index (κ1) is 14.6. The summed E-state index contributed by atoms with van der Waals surface area (Å²) in [5.74, 6) is -0.0111. The minimum atomic E-state index is -3.38. The van der Waals surface area contributed by atoms with E-state index < -0.39 is 10.0 Å². The molecule has 0 fully saturated rings. The van der Waals surface area contributed by atoms with Crippen LogP contribution >= 0.6 is 0 Å². The average Bonchev–Trinajstić information content (AvgIpc) is 2.41. The van der Waals surface area contributed by atoms with E-state index in [4.69, 9.17) is 0 Å². The summed E-state index contributed by atoms with van der Waals surface area (Å²) in [6.45, 7) is 3.99. The van der Waals surface area contributed by atoms with E-state index in [0.717, 1.165) is 17.5 Å². The average molecular weight is 289 g/mol. The lowest BCUT2D eigenvalue weighted by molar-refractivity contribution is 0.600. The summed E-state index contributed by atoms with van der Waals surface area (Å²) < 4.78 is 27.0. The van der Waals surface area contributed by atoms with Gasteiger partial charge in [0, 0.05) is 0 Å². The molecule has 0 aliphatic heterocycles. The molecule has 0 aliphatic rings. The summed E-state index contributed by atoms with van der Waals surface area (Å²) >= 11 is 0. The van der Waals surface area contributed by atoms with Crippen molar-refractivity contribution in [2.45, 2.75) is 26.0 Å². The summed E-state index contributed by atoms with van der Waals surface area (Å²) in [4.78, 5) is 0. The maximum absolute atomic E-state index is 12.2. The van der Waals surface area contributed by atoms with Crippen LogP contribution in [-0.2, 0) is 22.2 Å². The van der Waals surface area contributed by atoms with Crippen molar-refractivity contribution in [3.8, 4) is 0 Å². The number of hydrogen-bond donors (Lipinski definition) is 1. The van der Waals surface area contributed by atoms with Gasteiger partial charge in [0.05, 0.1) is 11.4 Å². The number of hydrogen-bond acceptors (Lipinski definition) is 2. The number of sulfonamides is 1. The van der Waals surface area contributed by atoms with Crippen molar-refractivity contribution < 1.29 is 8.42 Å². The molecule has 0 unspecified atom stereocenters. The van der Waals surface area contributed by atoms with Crippen LogP contribution in [0, 0.1) is 6.92 Å². The lowest BCUT2D eigenvalue weighted by atomic mass is 10.1. The van der Waals surface area contributed by atoms with Crippen molar-refractivity contribution in [3.63, 3.8) is 0 Å². The van der Waals surface area contributed by atoms with E-state index in [1.54, 1.807) is 0 Å². The van der Waals surface area contributed by atoms with Crippen LogP contribution in [0.15, 0.2) is 48.5 Å². The summed E-state index contributed by atoms with van der Waals surface area (Å²) in [7, 11) is -3.38. The fourth-order valence-electron chi connectivity index (χ4n) is 2.06. The summed E-state index contributed by atoms with van der Waals surface area (Å²) in [6.07, 6.45) is 0.942. The summed E-state index contributed by atoms with van der Waals surface area (Å²) in [5.41, 5.74) is 3.58. The Morgan fingerprint density at radius 1 is 1.00 bits per heavy atom. The highest BCUT2D eigenvalue weighted by Gasteiger charge is 2.12. The Morgan fingerprint density at radius 2 is 1.70 bits per heavy atom. The first-order valence-corrected chi connectivity index (χ1v) is 8.29. The Morgan fingerprint density at radius 3 is 2.30 bits per heavy atom. The molecule has 0 heterocycles. The van der Waals surface area contributed by atoms with Gasteiger partial charge in [0.25, 0.3) is 0 Å². The first-order chi connectivity index (χ1) is 9.50. The maximum atomic E-state index is 12.2. The monoisotopic (exact) mass is 289 g/mol. The van der Waals surface area contributed by atoms with E-state index >= 15 is 0 Å². The molecule has 0 saturated heterocycles. The zero-order chi connectivity index (χ0) is 14.6. The number of anilines is 1. The second-order valence-electron chi connectivity index (χ2n) is 4.85. The van der Waals surface area contributed by atoms with E-state index in [2.05, 4.69) is 11.6 Å². The van der Waals surface area contributed by atoms with Crippen LogP contribution in [0.3, 0.4) is 0 Å². The fraction of sp³-hybridized carbons (Fsp3) is 0.250. The zero-order valence-electron chi connectivity index (χ0n) is 11.8. The molecule has 0 amide bonds. The van der Waals surface area contributed by atoms with Crippen LogP contribution in [-0.4, -0.2) is 8.42 Å². The molecule has 2 aromatic rings. The Labute approximate surface area is 120 Å². The van der Waals surface area contributed by atoms with Crippen LogP contribution in [0.1, 0.15) is 23.6 Å². The van der Waals surface area contributed by atoms with Crippen molar-refractivity contribution >= 4 is 15.7 Å². The van der Waals surface area contributed by atoms with E-state index in [1.165, 1.54) is 5.56 Å². The van der Waals surface area contributed by atoms with Gasteiger partial charge >= 0.3 is 0 Å². The van der Waals surface area contributed by atoms with Crippen LogP contribution in [0.5, 0.6) is 0 Å². The fourth-order valence-corrected chi connectivity index (χ4v) is 3.33. The van der Waals surface area contributed by atoms with Crippen LogP contribution in [0.4, 0.5) is 5.69 Å². The smallest absolute Gasteiger partial charge is 0.236 e. The standard InChI is InChI=1S/C16H19NO2S/c1-3-14-9-10-16(13(2)11-14)17-20(18,19)12-15-7-5-4-6-8-15/h4-11,17H,3,12H2,1-2H3. The number of rotatable bonds is 5. The molecule has 0 aromatic heterocycles. The molecular weight excluding hydrogens is 270 g/mol. The predicted molar refractivity (Wildman–Crippen MR) is 83.2 cm³/mol. The lowest BCUT2D eigenvalue weighted by Crippen LogP contribution is -2.15. The third-order valence-corrected chi connectivity index (χ3v) is 4.41. The molecule has 0 radical (unpaired) electrons. The molecule has 0 spiro atoms.